The molecule has 0 saturated carbocycles. The maximum Gasteiger partial charge on any atom is 0.332 e. The number of hydrogen-bond donors (Lipinski definition) is 1. The van der Waals surface area contributed by atoms with E-state index in [-0.39, 0.29) is 28.4 Å². The molecule has 0 aliphatic heterocycles. The van der Waals surface area contributed by atoms with Crippen LogP contribution in [0.3, 0.4) is 0 Å². The summed E-state index contributed by atoms with van der Waals surface area (Å²) in [6.07, 6.45) is 0.676. The smallest absolute Gasteiger partial charge is 0.332 e. The quantitative estimate of drug-likeness (QED) is 0.548. The van der Waals surface area contributed by atoms with Crippen molar-refractivity contribution < 1.29 is 5.11 Å². The number of hydrogen-bond acceptors (Lipinski definition) is 5. The monoisotopic (exact) mass is 381 g/mol. The molecular formula is C19H19N5O4. The van der Waals surface area contributed by atoms with Crippen LogP contribution in [0.2, 0.25) is 0 Å². The van der Waals surface area contributed by atoms with E-state index in [0.29, 0.717) is 12.1 Å². The highest BCUT2D eigenvalue weighted by Gasteiger charge is 2.23. The Kier molecular flexibility index (Phi) is 3.77. The Morgan fingerprint density at radius 3 is 2.39 bits per heavy atom. The molecule has 9 heteroatoms. The average molecular weight is 381 g/mol. The van der Waals surface area contributed by atoms with E-state index in [1.165, 1.54) is 34.6 Å². The average Bonchev–Trinajstić information content (AvgIpc) is 3.10. The van der Waals surface area contributed by atoms with Crippen LogP contribution in [0, 0.1) is 6.92 Å². The van der Waals surface area contributed by atoms with Gasteiger partial charge in [-0.2, -0.15) is 4.98 Å². The number of para-hydroxylation sites is 1. The second-order valence-electron chi connectivity index (χ2n) is 6.70. The zero-order valence-electron chi connectivity index (χ0n) is 15.9. The fourth-order valence-electron chi connectivity index (χ4n) is 3.50. The van der Waals surface area contributed by atoms with Crippen molar-refractivity contribution in [3.8, 4) is 11.6 Å². The number of aryl methyl sites for hydroxylation is 2. The Morgan fingerprint density at radius 1 is 1.04 bits per heavy atom. The summed E-state index contributed by atoms with van der Waals surface area (Å²) in [4.78, 5) is 42.5. The number of imidazole rings is 1. The minimum Gasteiger partial charge on any atom is -0.494 e. The Bertz CT molecular complexity index is 1450. The molecule has 1 N–H and O–H groups in total. The van der Waals surface area contributed by atoms with Crippen LogP contribution in [0.5, 0.6) is 5.88 Å². The topological polar surface area (TPSA) is 104 Å². The maximum absolute atomic E-state index is 13.1. The van der Waals surface area contributed by atoms with Crippen LogP contribution < -0.4 is 16.8 Å². The first kappa shape index (κ1) is 17.8. The fraction of sp³-hybridized carbons (Fsp3) is 0.263. The SMILES string of the molecule is CCc1ccccc1-n1c(=O)c(C)c(O)n2c3c(=O)n(C)c(=O)n(C)c3nc12. The molecule has 0 unspecified atom stereocenters. The van der Waals surface area contributed by atoms with Crippen molar-refractivity contribution in [2.75, 3.05) is 0 Å². The van der Waals surface area contributed by atoms with E-state index in [1.54, 1.807) is 12.1 Å². The van der Waals surface area contributed by atoms with Gasteiger partial charge in [-0.1, -0.05) is 25.1 Å². The molecule has 0 atom stereocenters. The minimum absolute atomic E-state index is 0.0305. The Morgan fingerprint density at radius 2 is 1.71 bits per heavy atom. The molecule has 0 spiro atoms. The first-order chi connectivity index (χ1) is 13.3. The van der Waals surface area contributed by atoms with Crippen molar-refractivity contribution in [3.05, 3.63) is 66.6 Å². The van der Waals surface area contributed by atoms with Gasteiger partial charge < -0.3 is 5.11 Å². The van der Waals surface area contributed by atoms with Gasteiger partial charge in [0.1, 0.15) is 0 Å². The van der Waals surface area contributed by atoms with Gasteiger partial charge in [0.15, 0.2) is 11.2 Å². The molecular weight excluding hydrogens is 362 g/mol. The molecule has 144 valence electrons. The zero-order valence-corrected chi connectivity index (χ0v) is 15.9. The number of fused-ring (bicyclic) bond motifs is 3. The highest BCUT2D eigenvalue weighted by molar-refractivity contribution is 5.77. The van der Waals surface area contributed by atoms with E-state index in [9.17, 15) is 19.5 Å². The third kappa shape index (κ3) is 2.13. The molecule has 28 heavy (non-hydrogen) atoms. The van der Waals surface area contributed by atoms with Crippen molar-refractivity contribution in [2.24, 2.45) is 14.1 Å². The van der Waals surface area contributed by atoms with Crippen molar-refractivity contribution in [1.82, 2.24) is 23.1 Å². The molecule has 4 rings (SSSR count). The van der Waals surface area contributed by atoms with Crippen molar-refractivity contribution in [3.63, 3.8) is 0 Å². The number of benzene rings is 1. The Labute approximate surface area is 158 Å². The summed E-state index contributed by atoms with van der Waals surface area (Å²) in [7, 11) is 2.85. The fourth-order valence-corrected chi connectivity index (χ4v) is 3.50. The largest absolute Gasteiger partial charge is 0.494 e. The lowest BCUT2D eigenvalue weighted by Crippen LogP contribution is -2.37. The number of rotatable bonds is 2. The summed E-state index contributed by atoms with van der Waals surface area (Å²) in [5.74, 6) is -0.300. The van der Waals surface area contributed by atoms with Gasteiger partial charge in [-0.05, 0) is 25.0 Å². The lowest BCUT2D eigenvalue weighted by Gasteiger charge is -2.14. The van der Waals surface area contributed by atoms with Crippen LogP contribution >= 0.6 is 0 Å². The van der Waals surface area contributed by atoms with Crippen LogP contribution in [0.15, 0.2) is 38.6 Å². The van der Waals surface area contributed by atoms with E-state index in [4.69, 9.17) is 0 Å². The Balaban J connectivity index is 2.37. The van der Waals surface area contributed by atoms with Crippen LogP contribution in [0.4, 0.5) is 0 Å². The molecule has 0 radical (unpaired) electrons. The summed E-state index contributed by atoms with van der Waals surface area (Å²) in [5, 5.41) is 10.7. The molecule has 4 aromatic rings. The molecule has 0 fully saturated rings. The molecule has 0 aliphatic carbocycles. The van der Waals surface area contributed by atoms with Gasteiger partial charge in [0.05, 0.1) is 11.3 Å². The van der Waals surface area contributed by atoms with Gasteiger partial charge in [0.25, 0.3) is 11.1 Å². The predicted molar refractivity (Wildman–Crippen MR) is 105 cm³/mol. The van der Waals surface area contributed by atoms with Crippen LogP contribution in [0.1, 0.15) is 18.1 Å². The molecule has 9 nitrogen and oxygen atoms in total. The molecule has 0 saturated heterocycles. The second-order valence-corrected chi connectivity index (χ2v) is 6.70. The zero-order chi connectivity index (χ0) is 20.3. The summed E-state index contributed by atoms with van der Waals surface area (Å²) < 4.78 is 4.78. The Hall–Kier alpha value is -3.62. The standard InChI is InChI=1S/C19H19N5O4/c1-5-11-8-6-7-9-12(11)23-15(25)10(2)16(26)24-13-14(20-18(23)24)21(3)19(28)22(4)17(13)27/h6-9,26H,5H2,1-4H3. The molecule has 0 aliphatic rings. The molecule has 3 aromatic heterocycles. The van der Waals surface area contributed by atoms with Gasteiger partial charge in [-0.25, -0.2) is 13.8 Å². The van der Waals surface area contributed by atoms with Crippen molar-refractivity contribution >= 4 is 16.9 Å². The summed E-state index contributed by atoms with van der Waals surface area (Å²) >= 11 is 0. The van der Waals surface area contributed by atoms with Gasteiger partial charge in [-0.15, -0.1) is 0 Å². The third-order valence-electron chi connectivity index (χ3n) is 5.12. The third-order valence-corrected chi connectivity index (χ3v) is 5.12. The molecule has 3 heterocycles. The van der Waals surface area contributed by atoms with Gasteiger partial charge >= 0.3 is 5.69 Å². The van der Waals surface area contributed by atoms with Crippen molar-refractivity contribution in [2.45, 2.75) is 20.3 Å². The summed E-state index contributed by atoms with van der Waals surface area (Å²) in [6, 6.07) is 7.36. The number of aromatic nitrogens is 5. The molecule has 1 aromatic carbocycles. The first-order valence-electron chi connectivity index (χ1n) is 8.80. The predicted octanol–water partition coefficient (Wildman–Crippen LogP) is 0.612. The second kappa shape index (κ2) is 5.95. The van der Waals surface area contributed by atoms with Gasteiger partial charge in [-0.3, -0.25) is 18.7 Å². The highest BCUT2D eigenvalue weighted by atomic mass is 16.3. The molecule has 0 amide bonds. The number of aromatic hydroxyl groups is 1. The maximum atomic E-state index is 13.1. The molecule has 0 bridgehead atoms. The van der Waals surface area contributed by atoms with Crippen molar-refractivity contribution in [1.29, 1.82) is 0 Å². The van der Waals surface area contributed by atoms with E-state index in [0.717, 1.165) is 10.1 Å². The van der Waals surface area contributed by atoms with E-state index in [2.05, 4.69) is 4.98 Å². The van der Waals surface area contributed by atoms with E-state index < -0.39 is 16.8 Å². The summed E-state index contributed by atoms with van der Waals surface area (Å²) in [5.41, 5.74) is 0.135. The minimum atomic E-state index is -0.603. The van der Waals surface area contributed by atoms with E-state index in [1.807, 2.05) is 19.1 Å². The highest BCUT2D eigenvalue weighted by Crippen LogP contribution is 2.24. The van der Waals surface area contributed by atoms with Crippen LogP contribution in [-0.2, 0) is 20.5 Å². The van der Waals surface area contributed by atoms with E-state index >= 15 is 0 Å². The van der Waals surface area contributed by atoms with Crippen LogP contribution in [0.25, 0.3) is 22.6 Å². The lowest BCUT2D eigenvalue weighted by atomic mass is 10.1. The number of nitrogens with zero attached hydrogens (tertiary/aromatic N) is 5. The lowest BCUT2D eigenvalue weighted by molar-refractivity contribution is 0.439. The first-order valence-corrected chi connectivity index (χ1v) is 8.80. The van der Waals surface area contributed by atoms with Crippen LogP contribution in [-0.4, -0.2) is 28.2 Å². The summed E-state index contributed by atoms with van der Waals surface area (Å²) in [6.45, 7) is 3.45. The van der Waals surface area contributed by atoms with Gasteiger partial charge in [0, 0.05) is 14.1 Å². The van der Waals surface area contributed by atoms with Gasteiger partial charge in [0.2, 0.25) is 11.7 Å². The normalized spacial score (nSPS) is 11.6.